The van der Waals surface area contributed by atoms with E-state index in [0.29, 0.717) is 11.3 Å². The monoisotopic (exact) mass is 313 g/mol. The number of carbonyl (C=O) groups excluding carboxylic acids is 2. The van der Waals surface area contributed by atoms with Gasteiger partial charge in [-0.05, 0) is 36.2 Å². The third-order valence-electron chi connectivity index (χ3n) is 3.52. The number of hydrogen-bond donors (Lipinski definition) is 1. The molecular weight excluding hydrogens is 293 g/mol. The molecule has 0 aliphatic carbocycles. The third-order valence-corrected chi connectivity index (χ3v) is 3.52. The van der Waals surface area contributed by atoms with E-state index >= 15 is 0 Å². The van der Waals surface area contributed by atoms with Crippen molar-refractivity contribution in [2.45, 2.75) is 32.6 Å². The van der Waals surface area contributed by atoms with Crippen LogP contribution >= 0.6 is 0 Å². The summed E-state index contributed by atoms with van der Waals surface area (Å²) in [7, 11) is 0. The minimum absolute atomic E-state index is 0.0534. The molecule has 0 aliphatic rings. The molecule has 0 heterocycles. The van der Waals surface area contributed by atoms with Crippen molar-refractivity contribution in [1.82, 2.24) is 0 Å². The van der Waals surface area contributed by atoms with Crippen LogP contribution in [-0.4, -0.2) is 11.7 Å². The van der Waals surface area contributed by atoms with Crippen LogP contribution in [0, 0.1) is 5.82 Å². The first kappa shape index (κ1) is 16.9. The maximum atomic E-state index is 12.8. The van der Waals surface area contributed by atoms with Gasteiger partial charge in [0.05, 0.1) is 0 Å². The SMILES string of the molecule is CCCc1ccc(C(=O)CCC(=O)Nc2ccc(F)cc2)cc1. The smallest absolute Gasteiger partial charge is 0.224 e. The Balaban J connectivity index is 1.83. The molecule has 0 radical (unpaired) electrons. The first-order chi connectivity index (χ1) is 11.1. The van der Waals surface area contributed by atoms with Crippen LogP contribution in [0.3, 0.4) is 0 Å². The highest BCUT2D eigenvalue weighted by Crippen LogP contribution is 2.12. The van der Waals surface area contributed by atoms with Crippen molar-refractivity contribution in [2.75, 3.05) is 5.32 Å². The van der Waals surface area contributed by atoms with Gasteiger partial charge in [0.25, 0.3) is 0 Å². The average Bonchev–Trinajstić information content (AvgIpc) is 2.56. The summed E-state index contributed by atoms with van der Waals surface area (Å²) in [5, 5.41) is 2.64. The van der Waals surface area contributed by atoms with Crippen LogP contribution in [0.5, 0.6) is 0 Å². The number of rotatable bonds is 7. The van der Waals surface area contributed by atoms with Crippen molar-refractivity contribution in [2.24, 2.45) is 0 Å². The summed E-state index contributed by atoms with van der Waals surface area (Å²) in [6.45, 7) is 2.11. The minimum atomic E-state index is -0.357. The normalized spacial score (nSPS) is 10.3. The Hall–Kier alpha value is -2.49. The molecule has 0 unspecified atom stereocenters. The average molecular weight is 313 g/mol. The predicted molar refractivity (Wildman–Crippen MR) is 89.0 cm³/mol. The zero-order valence-electron chi connectivity index (χ0n) is 13.1. The standard InChI is InChI=1S/C19H20FNO2/c1-2-3-14-4-6-15(7-5-14)18(22)12-13-19(23)21-17-10-8-16(20)9-11-17/h4-11H,2-3,12-13H2,1H3,(H,21,23). The fourth-order valence-corrected chi connectivity index (χ4v) is 2.27. The van der Waals surface area contributed by atoms with E-state index in [1.807, 2.05) is 24.3 Å². The highest BCUT2D eigenvalue weighted by atomic mass is 19.1. The van der Waals surface area contributed by atoms with Gasteiger partial charge in [-0.15, -0.1) is 0 Å². The van der Waals surface area contributed by atoms with Gasteiger partial charge in [0.1, 0.15) is 5.82 Å². The molecule has 1 amide bonds. The van der Waals surface area contributed by atoms with Crippen molar-refractivity contribution in [1.29, 1.82) is 0 Å². The van der Waals surface area contributed by atoms with E-state index in [4.69, 9.17) is 0 Å². The molecule has 2 rings (SSSR count). The molecule has 0 fully saturated rings. The molecule has 0 saturated carbocycles. The molecule has 0 spiro atoms. The van der Waals surface area contributed by atoms with E-state index < -0.39 is 0 Å². The summed E-state index contributed by atoms with van der Waals surface area (Å²) in [6.07, 6.45) is 2.32. The van der Waals surface area contributed by atoms with Gasteiger partial charge in [0, 0.05) is 24.1 Å². The molecule has 0 atom stereocenters. The summed E-state index contributed by atoms with van der Waals surface area (Å²) in [6, 6.07) is 13.1. The third kappa shape index (κ3) is 5.33. The molecule has 0 bridgehead atoms. The zero-order valence-corrected chi connectivity index (χ0v) is 13.1. The molecule has 1 N–H and O–H groups in total. The molecular formula is C19H20FNO2. The fourth-order valence-electron chi connectivity index (χ4n) is 2.27. The lowest BCUT2D eigenvalue weighted by atomic mass is 10.0. The van der Waals surface area contributed by atoms with Crippen LogP contribution in [0.25, 0.3) is 0 Å². The van der Waals surface area contributed by atoms with Gasteiger partial charge in [-0.1, -0.05) is 37.6 Å². The largest absolute Gasteiger partial charge is 0.326 e. The van der Waals surface area contributed by atoms with Crippen LogP contribution < -0.4 is 5.32 Å². The fraction of sp³-hybridized carbons (Fsp3) is 0.263. The van der Waals surface area contributed by atoms with Gasteiger partial charge in [-0.25, -0.2) is 4.39 Å². The van der Waals surface area contributed by atoms with Gasteiger partial charge >= 0.3 is 0 Å². The molecule has 2 aromatic rings. The summed E-state index contributed by atoms with van der Waals surface area (Å²) in [5.74, 6) is -0.667. The maximum absolute atomic E-state index is 12.8. The van der Waals surface area contributed by atoms with Crippen LogP contribution in [0.2, 0.25) is 0 Å². The first-order valence-corrected chi connectivity index (χ1v) is 7.76. The molecule has 2 aromatic carbocycles. The Morgan fingerprint density at radius 1 is 0.957 bits per heavy atom. The number of benzene rings is 2. The van der Waals surface area contributed by atoms with Crippen molar-refractivity contribution in [3.63, 3.8) is 0 Å². The number of carbonyl (C=O) groups is 2. The van der Waals surface area contributed by atoms with E-state index in [9.17, 15) is 14.0 Å². The molecule has 23 heavy (non-hydrogen) atoms. The maximum Gasteiger partial charge on any atom is 0.224 e. The molecule has 4 heteroatoms. The Morgan fingerprint density at radius 2 is 1.61 bits per heavy atom. The number of halogens is 1. The summed E-state index contributed by atoms with van der Waals surface area (Å²) in [4.78, 5) is 23.9. The molecule has 120 valence electrons. The lowest BCUT2D eigenvalue weighted by Crippen LogP contribution is -2.13. The predicted octanol–water partition coefficient (Wildman–Crippen LogP) is 4.38. The zero-order chi connectivity index (χ0) is 16.7. The number of Topliss-reactive ketones (excluding diaryl/α,β-unsaturated/α-hetero) is 1. The van der Waals surface area contributed by atoms with Crippen LogP contribution in [0.15, 0.2) is 48.5 Å². The van der Waals surface area contributed by atoms with Crippen molar-refractivity contribution < 1.29 is 14.0 Å². The van der Waals surface area contributed by atoms with Gasteiger partial charge < -0.3 is 5.32 Å². The number of hydrogen-bond acceptors (Lipinski definition) is 2. The second-order valence-corrected chi connectivity index (χ2v) is 5.43. The number of aryl methyl sites for hydroxylation is 1. The van der Waals surface area contributed by atoms with Gasteiger partial charge in [0.2, 0.25) is 5.91 Å². The van der Waals surface area contributed by atoms with E-state index in [1.54, 1.807) is 0 Å². The first-order valence-electron chi connectivity index (χ1n) is 7.76. The summed E-state index contributed by atoms with van der Waals surface area (Å²) < 4.78 is 12.8. The Morgan fingerprint density at radius 3 is 2.22 bits per heavy atom. The van der Waals surface area contributed by atoms with Crippen molar-refractivity contribution in [3.05, 3.63) is 65.5 Å². The lowest BCUT2D eigenvalue weighted by Gasteiger charge is -2.05. The number of nitrogens with one attached hydrogen (secondary N) is 1. The lowest BCUT2D eigenvalue weighted by molar-refractivity contribution is -0.116. The van der Waals surface area contributed by atoms with Gasteiger partial charge in [-0.3, -0.25) is 9.59 Å². The van der Waals surface area contributed by atoms with E-state index in [2.05, 4.69) is 12.2 Å². The van der Waals surface area contributed by atoms with E-state index in [0.717, 1.165) is 12.8 Å². The van der Waals surface area contributed by atoms with Crippen LogP contribution in [0.1, 0.15) is 42.1 Å². The quantitative estimate of drug-likeness (QED) is 0.771. The van der Waals surface area contributed by atoms with Crippen LogP contribution in [0.4, 0.5) is 10.1 Å². The highest BCUT2D eigenvalue weighted by Gasteiger charge is 2.09. The topological polar surface area (TPSA) is 46.2 Å². The summed E-state index contributed by atoms with van der Waals surface area (Å²) >= 11 is 0. The van der Waals surface area contributed by atoms with Crippen LogP contribution in [-0.2, 0) is 11.2 Å². The minimum Gasteiger partial charge on any atom is -0.326 e. The van der Waals surface area contributed by atoms with Crippen molar-refractivity contribution >= 4 is 17.4 Å². The van der Waals surface area contributed by atoms with E-state index in [-0.39, 0.29) is 30.3 Å². The highest BCUT2D eigenvalue weighted by molar-refractivity contribution is 6.00. The van der Waals surface area contributed by atoms with E-state index in [1.165, 1.54) is 29.8 Å². The molecule has 0 saturated heterocycles. The van der Waals surface area contributed by atoms with Gasteiger partial charge in [0.15, 0.2) is 5.78 Å². The Kier molecular flexibility index (Phi) is 6.03. The summed E-state index contributed by atoms with van der Waals surface area (Å²) in [5.41, 5.74) is 2.35. The molecule has 0 aromatic heterocycles. The molecule has 0 aliphatic heterocycles. The number of amides is 1. The Labute approximate surface area is 135 Å². The number of anilines is 1. The second kappa shape index (κ2) is 8.22. The number of ketones is 1. The Bertz CT molecular complexity index is 663. The molecule has 3 nitrogen and oxygen atoms in total. The second-order valence-electron chi connectivity index (χ2n) is 5.43. The van der Waals surface area contributed by atoms with Crippen molar-refractivity contribution in [3.8, 4) is 0 Å². The van der Waals surface area contributed by atoms with Gasteiger partial charge in [-0.2, -0.15) is 0 Å².